The Morgan fingerprint density at radius 2 is 2.12 bits per heavy atom. The first kappa shape index (κ1) is 13.3. The molecule has 5 nitrogen and oxygen atoms in total. The van der Waals surface area contributed by atoms with Gasteiger partial charge in [0.05, 0.1) is 0 Å². The summed E-state index contributed by atoms with van der Waals surface area (Å²) in [7, 11) is 0. The molecule has 1 saturated heterocycles. The van der Waals surface area contributed by atoms with Crippen LogP contribution in [0.25, 0.3) is 0 Å². The molecule has 1 fully saturated rings. The first-order chi connectivity index (χ1) is 7.42. The quantitative estimate of drug-likeness (QED) is 0.693. The molecular weight excluding hydrogens is 208 g/mol. The maximum Gasteiger partial charge on any atom is 0.410 e. The first-order valence-electron chi connectivity index (χ1n) is 5.74. The molecule has 0 aromatic heterocycles. The number of likely N-dealkylation sites (tertiary alicyclic amines) is 1. The number of aliphatic hydroxyl groups is 1. The minimum absolute atomic E-state index is 0.204. The lowest BCUT2D eigenvalue weighted by Crippen LogP contribution is -2.60. The van der Waals surface area contributed by atoms with Crippen LogP contribution in [0.3, 0.4) is 0 Å². The van der Waals surface area contributed by atoms with Gasteiger partial charge < -0.3 is 20.1 Å². The average molecular weight is 230 g/mol. The molecule has 0 aromatic carbocycles. The van der Waals surface area contributed by atoms with Gasteiger partial charge in [-0.05, 0) is 33.7 Å². The molecule has 0 bridgehead atoms. The molecular formula is C11H22N2O3. The molecule has 0 unspecified atom stereocenters. The minimum Gasteiger partial charge on any atom is -0.444 e. The summed E-state index contributed by atoms with van der Waals surface area (Å²) < 4.78 is 5.23. The molecule has 1 rings (SSSR count). The minimum atomic E-state index is -0.424. The molecule has 0 radical (unpaired) electrons. The Morgan fingerprint density at radius 1 is 1.50 bits per heavy atom. The zero-order valence-electron chi connectivity index (χ0n) is 10.3. The van der Waals surface area contributed by atoms with Gasteiger partial charge in [0.1, 0.15) is 5.60 Å². The van der Waals surface area contributed by atoms with E-state index in [0.29, 0.717) is 19.1 Å². The summed E-state index contributed by atoms with van der Waals surface area (Å²) in [5.41, 5.74) is -0.424. The van der Waals surface area contributed by atoms with Crippen molar-refractivity contribution >= 4 is 6.09 Å². The second-order valence-electron chi connectivity index (χ2n) is 5.11. The van der Waals surface area contributed by atoms with Gasteiger partial charge in [-0.25, -0.2) is 4.79 Å². The zero-order chi connectivity index (χ0) is 12.2. The summed E-state index contributed by atoms with van der Waals surface area (Å²) in [4.78, 5) is 13.2. The number of nitrogens with one attached hydrogen (secondary N) is 1. The Labute approximate surface area is 96.8 Å². The maximum atomic E-state index is 11.6. The third kappa shape index (κ3) is 4.37. The number of nitrogens with zero attached hydrogens (tertiary/aromatic N) is 1. The second kappa shape index (κ2) is 5.50. The van der Waals surface area contributed by atoms with Crippen molar-refractivity contribution in [1.82, 2.24) is 10.2 Å². The number of rotatable bonds is 4. The average Bonchev–Trinajstić information content (AvgIpc) is 2.05. The molecule has 16 heavy (non-hydrogen) atoms. The fraction of sp³-hybridized carbons (Fsp3) is 0.909. The van der Waals surface area contributed by atoms with Gasteiger partial charge in [-0.1, -0.05) is 0 Å². The summed E-state index contributed by atoms with van der Waals surface area (Å²) >= 11 is 0. The number of hydrogen-bond acceptors (Lipinski definition) is 4. The van der Waals surface area contributed by atoms with Crippen LogP contribution in [0, 0.1) is 0 Å². The fourth-order valence-corrected chi connectivity index (χ4v) is 1.47. The molecule has 0 aliphatic carbocycles. The molecule has 0 spiro atoms. The normalized spacial score (nSPS) is 17.1. The molecule has 2 N–H and O–H groups in total. The Morgan fingerprint density at radius 3 is 2.62 bits per heavy atom. The largest absolute Gasteiger partial charge is 0.444 e. The van der Waals surface area contributed by atoms with Crippen LogP contribution in [0.2, 0.25) is 0 Å². The van der Waals surface area contributed by atoms with E-state index in [1.54, 1.807) is 4.90 Å². The smallest absolute Gasteiger partial charge is 0.410 e. The number of carbonyl (C=O) groups is 1. The summed E-state index contributed by atoms with van der Waals surface area (Å²) in [5.74, 6) is 0. The molecule has 94 valence electrons. The van der Waals surface area contributed by atoms with E-state index in [2.05, 4.69) is 5.32 Å². The van der Waals surface area contributed by atoms with E-state index in [0.717, 1.165) is 13.0 Å². The summed E-state index contributed by atoms with van der Waals surface area (Å²) in [6.45, 7) is 7.98. The lowest BCUT2D eigenvalue weighted by Gasteiger charge is -2.40. The van der Waals surface area contributed by atoms with Crippen LogP contribution < -0.4 is 5.32 Å². The molecule has 1 heterocycles. The van der Waals surface area contributed by atoms with Crippen LogP contribution in [-0.2, 0) is 4.74 Å². The van der Waals surface area contributed by atoms with Crippen molar-refractivity contribution in [3.8, 4) is 0 Å². The van der Waals surface area contributed by atoms with Crippen molar-refractivity contribution in [2.45, 2.75) is 38.8 Å². The Balaban J connectivity index is 2.13. The highest BCUT2D eigenvalue weighted by Gasteiger charge is 2.32. The van der Waals surface area contributed by atoms with Crippen molar-refractivity contribution in [2.24, 2.45) is 0 Å². The maximum absolute atomic E-state index is 11.6. The van der Waals surface area contributed by atoms with Gasteiger partial charge in [-0.15, -0.1) is 0 Å². The van der Waals surface area contributed by atoms with Crippen LogP contribution in [0.5, 0.6) is 0 Å². The second-order valence-corrected chi connectivity index (χ2v) is 5.11. The highest BCUT2D eigenvalue weighted by Crippen LogP contribution is 2.14. The standard InChI is InChI=1S/C11H22N2O3/c1-11(2,3)16-10(15)13-7-9(8-13)12-5-4-6-14/h9,12,14H,4-8H2,1-3H3. The predicted octanol–water partition coefficient (Wildman–Crippen LogP) is 0.578. The van der Waals surface area contributed by atoms with Crippen molar-refractivity contribution in [3.05, 3.63) is 0 Å². The van der Waals surface area contributed by atoms with E-state index in [1.165, 1.54) is 0 Å². The lowest BCUT2D eigenvalue weighted by atomic mass is 10.1. The van der Waals surface area contributed by atoms with Crippen LogP contribution >= 0.6 is 0 Å². The number of ether oxygens (including phenoxy) is 1. The molecule has 1 amide bonds. The third-order valence-electron chi connectivity index (χ3n) is 2.30. The van der Waals surface area contributed by atoms with Gasteiger partial charge in [0.15, 0.2) is 0 Å². The number of aliphatic hydroxyl groups excluding tert-OH is 1. The van der Waals surface area contributed by atoms with Gasteiger partial charge in [0, 0.05) is 25.7 Å². The van der Waals surface area contributed by atoms with E-state index in [4.69, 9.17) is 9.84 Å². The molecule has 0 saturated carbocycles. The lowest BCUT2D eigenvalue weighted by molar-refractivity contribution is 0.00525. The van der Waals surface area contributed by atoms with Crippen LogP contribution in [0.15, 0.2) is 0 Å². The Kier molecular flexibility index (Phi) is 4.56. The van der Waals surface area contributed by atoms with Crippen molar-refractivity contribution in [1.29, 1.82) is 0 Å². The summed E-state index contributed by atoms with van der Waals surface area (Å²) in [5, 5.41) is 11.9. The van der Waals surface area contributed by atoms with Crippen molar-refractivity contribution in [3.63, 3.8) is 0 Å². The zero-order valence-corrected chi connectivity index (χ0v) is 10.3. The van der Waals surface area contributed by atoms with E-state index < -0.39 is 5.60 Å². The third-order valence-corrected chi connectivity index (χ3v) is 2.30. The van der Waals surface area contributed by atoms with Crippen molar-refractivity contribution in [2.75, 3.05) is 26.2 Å². The Bertz CT molecular complexity index is 232. The van der Waals surface area contributed by atoms with Gasteiger partial charge in [-0.3, -0.25) is 0 Å². The van der Waals surface area contributed by atoms with E-state index in [1.807, 2.05) is 20.8 Å². The van der Waals surface area contributed by atoms with Gasteiger partial charge in [-0.2, -0.15) is 0 Å². The molecule has 0 aromatic rings. The van der Waals surface area contributed by atoms with Crippen molar-refractivity contribution < 1.29 is 14.6 Å². The monoisotopic (exact) mass is 230 g/mol. The SMILES string of the molecule is CC(C)(C)OC(=O)N1CC(NCCCO)C1. The number of hydrogen-bond donors (Lipinski definition) is 2. The number of carbonyl (C=O) groups excluding carboxylic acids is 1. The summed E-state index contributed by atoms with van der Waals surface area (Å²) in [6, 6.07) is 0.346. The Hall–Kier alpha value is -0.810. The van der Waals surface area contributed by atoms with E-state index in [9.17, 15) is 4.79 Å². The topological polar surface area (TPSA) is 61.8 Å². The molecule has 5 heteroatoms. The summed E-state index contributed by atoms with van der Waals surface area (Å²) in [6.07, 6.45) is 0.510. The fourth-order valence-electron chi connectivity index (χ4n) is 1.47. The van der Waals surface area contributed by atoms with Gasteiger partial charge in [0.25, 0.3) is 0 Å². The molecule has 1 aliphatic heterocycles. The molecule has 1 aliphatic rings. The van der Waals surface area contributed by atoms with Crippen LogP contribution in [0.1, 0.15) is 27.2 Å². The number of amides is 1. The van der Waals surface area contributed by atoms with E-state index >= 15 is 0 Å². The first-order valence-corrected chi connectivity index (χ1v) is 5.74. The van der Waals surface area contributed by atoms with Crippen LogP contribution in [-0.4, -0.2) is 54.0 Å². The van der Waals surface area contributed by atoms with Crippen LogP contribution in [0.4, 0.5) is 4.79 Å². The van der Waals surface area contributed by atoms with Gasteiger partial charge in [0.2, 0.25) is 0 Å². The highest BCUT2D eigenvalue weighted by molar-refractivity contribution is 5.69. The molecule has 0 atom stereocenters. The predicted molar refractivity (Wildman–Crippen MR) is 61.3 cm³/mol. The van der Waals surface area contributed by atoms with Gasteiger partial charge >= 0.3 is 6.09 Å². The highest BCUT2D eigenvalue weighted by atomic mass is 16.6. The van der Waals surface area contributed by atoms with E-state index in [-0.39, 0.29) is 12.7 Å².